The maximum Gasteiger partial charge on any atom is 0.266 e. The molecule has 0 atom stereocenters. The van der Waals surface area contributed by atoms with Gasteiger partial charge in [0.1, 0.15) is 11.6 Å². The summed E-state index contributed by atoms with van der Waals surface area (Å²) in [6.07, 6.45) is 1.36. The van der Waals surface area contributed by atoms with Crippen molar-refractivity contribution in [3.8, 4) is 17.6 Å². The van der Waals surface area contributed by atoms with Crippen LogP contribution in [0.4, 0.5) is 11.4 Å². The van der Waals surface area contributed by atoms with Crippen molar-refractivity contribution in [2.24, 2.45) is 0 Å². The van der Waals surface area contributed by atoms with Crippen molar-refractivity contribution in [3.63, 3.8) is 0 Å². The van der Waals surface area contributed by atoms with E-state index in [1.807, 2.05) is 31.2 Å². The van der Waals surface area contributed by atoms with E-state index in [2.05, 4.69) is 10.6 Å². The van der Waals surface area contributed by atoms with Crippen molar-refractivity contribution in [1.29, 1.82) is 5.26 Å². The molecule has 178 valence electrons. The van der Waals surface area contributed by atoms with Gasteiger partial charge in [0, 0.05) is 16.4 Å². The first-order valence-electron chi connectivity index (χ1n) is 10.3. The largest absolute Gasteiger partial charge is 0.493 e. The van der Waals surface area contributed by atoms with E-state index >= 15 is 0 Å². The van der Waals surface area contributed by atoms with E-state index in [0.717, 1.165) is 5.56 Å². The summed E-state index contributed by atoms with van der Waals surface area (Å²) in [5.74, 6) is -0.586. The van der Waals surface area contributed by atoms with Crippen LogP contribution in [-0.4, -0.2) is 25.5 Å². The molecule has 7 nitrogen and oxygen atoms in total. The van der Waals surface area contributed by atoms with Crippen molar-refractivity contribution < 1.29 is 19.1 Å². The van der Waals surface area contributed by atoms with E-state index in [1.165, 1.54) is 19.3 Å². The normalized spacial score (nSPS) is 10.8. The molecule has 0 radical (unpaired) electrons. The molecule has 0 aliphatic heterocycles. The zero-order valence-corrected chi connectivity index (χ0v) is 20.4. The van der Waals surface area contributed by atoms with Crippen molar-refractivity contribution in [1.82, 2.24) is 0 Å². The van der Waals surface area contributed by atoms with E-state index in [-0.39, 0.29) is 34.6 Å². The number of amides is 2. The molecule has 3 aromatic rings. The third-order valence-corrected chi connectivity index (χ3v) is 5.29. The molecule has 3 aromatic carbocycles. The molecule has 2 amide bonds. The summed E-state index contributed by atoms with van der Waals surface area (Å²) in [5, 5.41) is 15.5. The number of halogens is 2. The molecule has 0 saturated carbocycles. The number of methoxy groups -OCH3 is 1. The average Bonchev–Trinajstić information content (AvgIpc) is 2.82. The van der Waals surface area contributed by atoms with Crippen molar-refractivity contribution in [3.05, 3.63) is 87.4 Å². The number of carbonyl (C=O) groups excluding carboxylic acids is 2. The number of nitrogens with zero attached hydrogens (tertiary/aromatic N) is 1. The lowest BCUT2D eigenvalue weighted by molar-refractivity contribution is -0.118. The fourth-order valence-electron chi connectivity index (χ4n) is 3.08. The van der Waals surface area contributed by atoms with Gasteiger partial charge in [-0.15, -0.1) is 0 Å². The van der Waals surface area contributed by atoms with Crippen LogP contribution < -0.4 is 20.1 Å². The fraction of sp³-hybridized carbons (Fsp3) is 0.115. The molecule has 0 aliphatic carbocycles. The standard InChI is InChI=1S/C26H21Cl2N3O4/c1-16-6-3-4-9-22(16)31-24(32)15-35-25-21(28)11-17(12-23(25)34-2)10-18(14-29)26(33)30-20-8-5-7-19(27)13-20/h3-13H,15H2,1-2H3,(H,30,33)(H,31,32)/b18-10-. The number of nitriles is 1. The monoisotopic (exact) mass is 509 g/mol. The first kappa shape index (κ1) is 25.6. The van der Waals surface area contributed by atoms with Crippen LogP contribution in [0.1, 0.15) is 11.1 Å². The van der Waals surface area contributed by atoms with Gasteiger partial charge in [0.05, 0.1) is 12.1 Å². The van der Waals surface area contributed by atoms with Gasteiger partial charge < -0.3 is 20.1 Å². The zero-order valence-electron chi connectivity index (χ0n) is 18.9. The maximum atomic E-state index is 12.5. The lowest BCUT2D eigenvalue weighted by Gasteiger charge is -2.14. The molecule has 0 fully saturated rings. The van der Waals surface area contributed by atoms with Crippen LogP contribution in [0.25, 0.3) is 6.08 Å². The maximum absolute atomic E-state index is 12.5. The van der Waals surface area contributed by atoms with Gasteiger partial charge in [0.25, 0.3) is 11.8 Å². The van der Waals surface area contributed by atoms with Gasteiger partial charge in [-0.25, -0.2) is 0 Å². The molecule has 0 unspecified atom stereocenters. The molecule has 0 saturated heterocycles. The number of hydrogen-bond acceptors (Lipinski definition) is 5. The number of rotatable bonds is 8. The van der Waals surface area contributed by atoms with E-state index in [1.54, 1.807) is 36.4 Å². The minimum absolute atomic E-state index is 0.145. The lowest BCUT2D eigenvalue weighted by atomic mass is 10.1. The third kappa shape index (κ3) is 7.00. The summed E-state index contributed by atoms with van der Waals surface area (Å²) in [6.45, 7) is 1.58. The van der Waals surface area contributed by atoms with Gasteiger partial charge in [-0.2, -0.15) is 5.26 Å². The highest BCUT2D eigenvalue weighted by Crippen LogP contribution is 2.37. The Bertz CT molecular complexity index is 1330. The Morgan fingerprint density at radius 1 is 1.06 bits per heavy atom. The van der Waals surface area contributed by atoms with Crippen molar-refractivity contribution >= 4 is 52.5 Å². The summed E-state index contributed by atoms with van der Waals surface area (Å²) in [6, 6.07) is 18.9. The number of ether oxygens (including phenoxy) is 2. The highest BCUT2D eigenvalue weighted by Gasteiger charge is 2.16. The smallest absolute Gasteiger partial charge is 0.266 e. The van der Waals surface area contributed by atoms with Crippen molar-refractivity contribution in [2.45, 2.75) is 6.92 Å². The van der Waals surface area contributed by atoms with Gasteiger partial charge >= 0.3 is 0 Å². The van der Waals surface area contributed by atoms with Crippen LogP contribution in [0.15, 0.2) is 66.2 Å². The Morgan fingerprint density at radius 2 is 1.83 bits per heavy atom. The number of nitrogens with one attached hydrogen (secondary N) is 2. The molecular weight excluding hydrogens is 489 g/mol. The summed E-state index contributed by atoms with van der Waals surface area (Å²) < 4.78 is 11.0. The molecule has 0 heterocycles. The van der Waals surface area contributed by atoms with Crippen LogP contribution in [-0.2, 0) is 9.59 Å². The quantitative estimate of drug-likeness (QED) is 0.292. The second-order valence-corrected chi connectivity index (χ2v) is 8.16. The molecule has 0 spiro atoms. The lowest BCUT2D eigenvalue weighted by Crippen LogP contribution is -2.21. The summed E-state index contributed by atoms with van der Waals surface area (Å²) >= 11 is 12.3. The Balaban J connectivity index is 1.75. The fourth-order valence-corrected chi connectivity index (χ4v) is 3.54. The molecule has 0 aromatic heterocycles. The number of aryl methyl sites for hydroxylation is 1. The molecular formula is C26H21Cl2N3O4. The molecule has 0 aliphatic rings. The Kier molecular flexibility index (Phi) is 8.74. The van der Waals surface area contributed by atoms with Crippen molar-refractivity contribution in [2.75, 3.05) is 24.4 Å². The second kappa shape index (κ2) is 11.9. The van der Waals surface area contributed by atoms with E-state index < -0.39 is 5.91 Å². The zero-order chi connectivity index (χ0) is 25.4. The Hall–Kier alpha value is -3.99. The summed E-state index contributed by atoms with van der Waals surface area (Å²) in [5.41, 5.74) is 2.32. The molecule has 3 rings (SSSR count). The Labute approximate surface area is 212 Å². The summed E-state index contributed by atoms with van der Waals surface area (Å²) in [7, 11) is 1.41. The first-order chi connectivity index (χ1) is 16.8. The predicted octanol–water partition coefficient (Wildman–Crippen LogP) is 5.87. The van der Waals surface area contributed by atoms with E-state index in [9.17, 15) is 14.9 Å². The first-order valence-corrected chi connectivity index (χ1v) is 11.1. The number of anilines is 2. The van der Waals surface area contributed by atoms with Crippen LogP contribution in [0.3, 0.4) is 0 Å². The molecule has 35 heavy (non-hydrogen) atoms. The van der Waals surface area contributed by atoms with Crippen LogP contribution in [0.2, 0.25) is 10.0 Å². The summed E-state index contributed by atoms with van der Waals surface area (Å²) in [4.78, 5) is 24.9. The minimum Gasteiger partial charge on any atom is -0.493 e. The van der Waals surface area contributed by atoms with Gasteiger partial charge in [-0.05, 0) is 60.5 Å². The number of carbonyl (C=O) groups is 2. The van der Waals surface area contributed by atoms with Gasteiger partial charge in [0.2, 0.25) is 0 Å². The number of para-hydroxylation sites is 1. The number of hydrogen-bond donors (Lipinski definition) is 2. The molecule has 2 N–H and O–H groups in total. The number of benzene rings is 3. The van der Waals surface area contributed by atoms with Gasteiger partial charge in [0.15, 0.2) is 18.1 Å². The second-order valence-electron chi connectivity index (χ2n) is 7.32. The Morgan fingerprint density at radius 3 is 2.51 bits per heavy atom. The van der Waals surface area contributed by atoms with Crippen LogP contribution in [0, 0.1) is 18.3 Å². The minimum atomic E-state index is -0.613. The molecule has 9 heteroatoms. The van der Waals surface area contributed by atoms with Crippen LogP contribution in [0.5, 0.6) is 11.5 Å². The SMILES string of the molecule is COc1cc(/C=C(/C#N)C(=O)Nc2cccc(Cl)c2)cc(Cl)c1OCC(=O)Nc1ccccc1C. The van der Waals surface area contributed by atoms with Gasteiger partial charge in [-0.1, -0.05) is 47.5 Å². The van der Waals surface area contributed by atoms with Crippen LogP contribution >= 0.6 is 23.2 Å². The van der Waals surface area contributed by atoms with E-state index in [0.29, 0.717) is 22.0 Å². The average molecular weight is 510 g/mol. The van der Waals surface area contributed by atoms with E-state index in [4.69, 9.17) is 32.7 Å². The highest BCUT2D eigenvalue weighted by atomic mass is 35.5. The molecule has 0 bridgehead atoms. The third-order valence-electron chi connectivity index (χ3n) is 4.78. The topological polar surface area (TPSA) is 100 Å². The highest BCUT2D eigenvalue weighted by molar-refractivity contribution is 6.32. The predicted molar refractivity (Wildman–Crippen MR) is 137 cm³/mol. The van der Waals surface area contributed by atoms with Gasteiger partial charge in [-0.3, -0.25) is 9.59 Å².